The number of amides is 1. The molecule has 0 heterocycles. The number of esters is 1. The van der Waals surface area contributed by atoms with Gasteiger partial charge in [-0.15, -0.1) is 0 Å². The molecule has 0 spiro atoms. The first-order valence-corrected chi connectivity index (χ1v) is 8.01. The van der Waals surface area contributed by atoms with Crippen LogP contribution >= 0.6 is 11.6 Å². The molecule has 0 bridgehead atoms. The zero-order chi connectivity index (χ0) is 19.7. The highest BCUT2D eigenvalue weighted by Gasteiger charge is 2.23. The van der Waals surface area contributed by atoms with Gasteiger partial charge in [0.1, 0.15) is 0 Å². The van der Waals surface area contributed by atoms with Crippen molar-refractivity contribution in [3.05, 3.63) is 23.2 Å². The first kappa shape index (κ1) is 21.4. The summed E-state index contributed by atoms with van der Waals surface area (Å²) >= 11 is 5.86. The van der Waals surface area contributed by atoms with Crippen molar-refractivity contribution in [1.29, 1.82) is 0 Å². The second kappa shape index (κ2) is 10.3. The van der Waals surface area contributed by atoms with Gasteiger partial charge in [-0.05, 0) is 12.1 Å². The van der Waals surface area contributed by atoms with Crippen LogP contribution in [-0.2, 0) is 19.1 Å². The summed E-state index contributed by atoms with van der Waals surface area (Å²) in [6.45, 7) is 2.54. The Bertz CT molecular complexity index is 651. The number of carboxylic acids is 1. The highest BCUT2D eigenvalue weighted by molar-refractivity contribution is 6.30. The van der Waals surface area contributed by atoms with Crippen LogP contribution in [0.15, 0.2) is 18.2 Å². The first-order valence-electron chi connectivity index (χ1n) is 7.63. The molecule has 2 atom stereocenters. The van der Waals surface area contributed by atoms with E-state index >= 15 is 0 Å². The van der Waals surface area contributed by atoms with Gasteiger partial charge in [0.05, 0.1) is 13.7 Å². The topological polar surface area (TPSA) is 120 Å². The molecule has 9 nitrogen and oxygen atoms in total. The van der Waals surface area contributed by atoms with E-state index < -0.39 is 37.0 Å². The summed E-state index contributed by atoms with van der Waals surface area (Å²) in [5.74, 6) is -1.47. The van der Waals surface area contributed by atoms with E-state index in [1.54, 1.807) is 13.0 Å². The fraction of sp³-hybridized carbons (Fsp3) is 0.438. The molecule has 2 N–H and O–H groups in total. The molecule has 1 rings (SSSR count). The molecule has 0 fully saturated rings. The van der Waals surface area contributed by atoms with E-state index in [2.05, 4.69) is 5.32 Å². The molecule has 0 aliphatic carbocycles. The number of halogens is 1. The lowest BCUT2D eigenvalue weighted by atomic mass is 10.3. The third-order valence-electron chi connectivity index (χ3n) is 2.96. The minimum absolute atomic E-state index is 0.104. The average Bonchev–Trinajstić information content (AvgIpc) is 2.58. The largest absolute Gasteiger partial charge is 0.493 e. The van der Waals surface area contributed by atoms with Gasteiger partial charge in [0.25, 0.3) is 0 Å². The smallest absolute Gasteiger partial charge is 0.410 e. The Balaban J connectivity index is 2.64. The van der Waals surface area contributed by atoms with E-state index in [-0.39, 0.29) is 17.9 Å². The van der Waals surface area contributed by atoms with Crippen molar-refractivity contribution in [3.8, 4) is 11.5 Å². The number of ether oxygens (including phenoxy) is 4. The summed E-state index contributed by atoms with van der Waals surface area (Å²) in [4.78, 5) is 34.1. The zero-order valence-electron chi connectivity index (χ0n) is 14.5. The maximum absolute atomic E-state index is 11.7. The molecule has 0 saturated heterocycles. The molecule has 1 amide bonds. The minimum Gasteiger partial charge on any atom is -0.493 e. The Morgan fingerprint density at radius 1 is 1.23 bits per heavy atom. The van der Waals surface area contributed by atoms with E-state index in [9.17, 15) is 19.5 Å². The molecule has 0 unspecified atom stereocenters. The van der Waals surface area contributed by atoms with E-state index in [0.29, 0.717) is 5.02 Å². The molecule has 0 radical (unpaired) electrons. The van der Waals surface area contributed by atoms with Crippen molar-refractivity contribution in [2.75, 3.05) is 13.7 Å². The van der Waals surface area contributed by atoms with Crippen LogP contribution in [0.3, 0.4) is 0 Å². The van der Waals surface area contributed by atoms with Gasteiger partial charge in [-0.25, -0.2) is 9.59 Å². The summed E-state index contributed by atoms with van der Waals surface area (Å²) in [6, 6.07) is 4.46. The SMILES string of the molecule is CCC(=O)O[C@@H](C)OC(=O)NC[C@H](Oc1cc(Cl)ccc1OC)C(=O)O. The Kier molecular flexibility index (Phi) is 8.50. The van der Waals surface area contributed by atoms with Crippen LogP contribution in [-0.4, -0.2) is 49.2 Å². The second-order valence-electron chi connectivity index (χ2n) is 4.94. The van der Waals surface area contributed by atoms with Crippen LogP contribution in [0.1, 0.15) is 20.3 Å². The third-order valence-corrected chi connectivity index (χ3v) is 3.20. The highest BCUT2D eigenvalue weighted by Crippen LogP contribution is 2.30. The van der Waals surface area contributed by atoms with Gasteiger partial charge < -0.3 is 29.4 Å². The Labute approximate surface area is 155 Å². The molecule has 0 aromatic heterocycles. The van der Waals surface area contributed by atoms with Crippen molar-refractivity contribution < 1.29 is 38.4 Å². The van der Waals surface area contributed by atoms with Gasteiger partial charge in [0.2, 0.25) is 12.4 Å². The van der Waals surface area contributed by atoms with Gasteiger partial charge in [0.15, 0.2) is 11.5 Å². The standard InChI is InChI=1S/C16H20ClNO8/c1-4-14(19)24-9(2)25-16(22)18-8-13(15(20)21)26-12-7-10(17)5-6-11(12)23-3/h5-7,9,13H,4,8H2,1-3H3,(H,18,22)(H,20,21)/t9-,13+/m1/s1. The highest BCUT2D eigenvalue weighted by atomic mass is 35.5. The first-order chi connectivity index (χ1) is 12.3. The quantitative estimate of drug-likeness (QED) is 0.487. The Morgan fingerprint density at radius 3 is 2.50 bits per heavy atom. The van der Waals surface area contributed by atoms with Gasteiger partial charge in [-0.2, -0.15) is 0 Å². The van der Waals surface area contributed by atoms with E-state index in [4.69, 9.17) is 30.5 Å². The number of carboxylic acid groups (broad SMARTS) is 1. The van der Waals surface area contributed by atoms with E-state index in [0.717, 1.165) is 0 Å². The van der Waals surface area contributed by atoms with Crippen molar-refractivity contribution in [2.45, 2.75) is 32.7 Å². The normalized spacial score (nSPS) is 12.5. The van der Waals surface area contributed by atoms with Crippen LogP contribution in [0.4, 0.5) is 4.79 Å². The number of aliphatic carboxylic acids is 1. The number of hydrogen-bond acceptors (Lipinski definition) is 7. The molecule has 10 heteroatoms. The molecule has 0 aliphatic rings. The number of methoxy groups -OCH3 is 1. The second-order valence-corrected chi connectivity index (χ2v) is 5.37. The fourth-order valence-corrected chi connectivity index (χ4v) is 1.90. The maximum atomic E-state index is 11.7. The van der Waals surface area contributed by atoms with E-state index in [1.165, 1.54) is 26.2 Å². The summed E-state index contributed by atoms with van der Waals surface area (Å²) in [6.07, 6.45) is -3.37. The molecule has 26 heavy (non-hydrogen) atoms. The lowest BCUT2D eigenvalue weighted by Gasteiger charge is -2.19. The van der Waals surface area contributed by atoms with Gasteiger partial charge in [-0.1, -0.05) is 18.5 Å². The molecule has 0 aliphatic heterocycles. The minimum atomic E-state index is -1.43. The predicted octanol–water partition coefficient (Wildman–Crippen LogP) is 2.21. The van der Waals surface area contributed by atoms with Crippen LogP contribution in [0.5, 0.6) is 11.5 Å². The molecule has 1 aromatic rings. The summed E-state index contributed by atoms with van der Waals surface area (Å²) in [7, 11) is 1.39. The van der Waals surface area contributed by atoms with Crippen LogP contribution in [0, 0.1) is 0 Å². The molecule has 144 valence electrons. The third kappa shape index (κ3) is 7.06. The van der Waals surface area contributed by atoms with Crippen molar-refractivity contribution in [1.82, 2.24) is 5.32 Å². The van der Waals surface area contributed by atoms with Gasteiger partial charge in [-0.3, -0.25) is 4.79 Å². The Hall–Kier alpha value is -2.68. The molecule has 1 aromatic carbocycles. The number of hydrogen-bond donors (Lipinski definition) is 2. The lowest BCUT2D eigenvalue weighted by molar-refractivity contribution is -0.164. The fourth-order valence-electron chi connectivity index (χ4n) is 1.74. The number of nitrogens with one attached hydrogen (secondary N) is 1. The van der Waals surface area contributed by atoms with E-state index in [1.807, 2.05) is 0 Å². The zero-order valence-corrected chi connectivity index (χ0v) is 15.2. The van der Waals surface area contributed by atoms with Crippen LogP contribution in [0.25, 0.3) is 0 Å². The van der Waals surface area contributed by atoms with Crippen LogP contribution < -0.4 is 14.8 Å². The molecule has 0 saturated carbocycles. The predicted molar refractivity (Wildman–Crippen MR) is 90.4 cm³/mol. The van der Waals surface area contributed by atoms with Crippen LogP contribution in [0.2, 0.25) is 5.02 Å². The summed E-state index contributed by atoms with van der Waals surface area (Å²) in [5.41, 5.74) is 0. The van der Waals surface area contributed by atoms with Crippen molar-refractivity contribution in [3.63, 3.8) is 0 Å². The lowest BCUT2D eigenvalue weighted by Crippen LogP contribution is -2.41. The number of benzene rings is 1. The number of carbonyl (C=O) groups is 3. The van der Waals surface area contributed by atoms with Gasteiger partial charge in [0, 0.05) is 24.4 Å². The number of rotatable bonds is 9. The van der Waals surface area contributed by atoms with Gasteiger partial charge >= 0.3 is 18.0 Å². The Morgan fingerprint density at radius 2 is 1.92 bits per heavy atom. The monoisotopic (exact) mass is 389 g/mol. The molecular formula is C16H20ClNO8. The average molecular weight is 390 g/mol. The van der Waals surface area contributed by atoms with Crippen molar-refractivity contribution in [2.24, 2.45) is 0 Å². The molecular weight excluding hydrogens is 370 g/mol. The number of carbonyl (C=O) groups excluding carboxylic acids is 2. The summed E-state index contributed by atoms with van der Waals surface area (Å²) < 4.78 is 20.0. The van der Waals surface area contributed by atoms with Crippen molar-refractivity contribution >= 4 is 29.6 Å². The maximum Gasteiger partial charge on any atom is 0.410 e. The number of alkyl carbamates (subject to hydrolysis) is 1. The summed E-state index contributed by atoms with van der Waals surface area (Å²) in [5, 5.41) is 11.8.